The number of carbonyl (C=O) groups is 1. The van der Waals surface area contributed by atoms with Crippen LogP contribution in [0.2, 0.25) is 0 Å². The molecule has 0 saturated carbocycles. The number of rotatable bonds is 6. The fourth-order valence-corrected chi connectivity index (χ4v) is 3.01. The molecule has 1 atom stereocenters. The Bertz CT molecular complexity index is 733. The quantitative estimate of drug-likeness (QED) is 0.846. The Labute approximate surface area is 159 Å². The number of aromatic nitrogens is 1. The Morgan fingerprint density at radius 2 is 1.89 bits per heavy atom. The Kier molecular flexibility index (Phi) is 6.35. The van der Waals surface area contributed by atoms with Crippen LogP contribution in [0.5, 0.6) is 11.5 Å². The summed E-state index contributed by atoms with van der Waals surface area (Å²) in [5.74, 6) is 1.36. The molecule has 1 saturated heterocycles. The molecule has 2 heterocycles. The minimum Gasteiger partial charge on any atom is -0.493 e. The number of methoxy groups -OCH3 is 1. The number of carbonyl (C=O) groups excluding carboxylic acids is 1. The number of nitrogens with one attached hydrogen (secondary N) is 1. The highest BCUT2D eigenvalue weighted by atomic mass is 16.5. The Morgan fingerprint density at radius 1 is 1.15 bits per heavy atom. The first-order valence-corrected chi connectivity index (χ1v) is 9.13. The standard InChI is InChI=1S/C20H26N4O3/c1-16(15-27-19-8-4-3-7-18(19)26-2)22-20(25)24-12-10-23(11-13-24)17-6-5-9-21-14-17/h3-9,14,16H,10-13,15H2,1-2H3,(H,22,25). The molecule has 2 aromatic rings. The van der Waals surface area contributed by atoms with E-state index >= 15 is 0 Å². The molecule has 0 aliphatic carbocycles. The largest absolute Gasteiger partial charge is 0.493 e. The van der Waals surface area contributed by atoms with Gasteiger partial charge in [0.05, 0.1) is 25.0 Å². The van der Waals surface area contributed by atoms with Crippen molar-refractivity contribution in [2.75, 3.05) is 44.8 Å². The van der Waals surface area contributed by atoms with Gasteiger partial charge < -0.3 is 24.6 Å². The van der Waals surface area contributed by atoms with Gasteiger partial charge in [0.15, 0.2) is 11.5 Å². The second kappa shape index (κ2) is 9.12. The van der Waals surface area contributed by atoms with Gasteiger partial charge in [0.2, 0.25) is 0 Å². The first-order chi connectivity index (χ1) is 13.2. The maximum absolute atomic E-state index is 12.5. The zero-order chi connectivity index (χ0) is 19.1. The summed E-state index contributed by atoms with van der Waals surface area (Å²) in [7, 11) is 1.61. The van der Waals surface area contributed by atoms with Crippen molar-refractivity contribution < 1.29 is 14.3 Å². The molecule has 1 N–H and O–H groups in total. The van der Waals surface area contributed by atoms with Crippen molar-refractivity contribution in [2.45, 2.75) is 13.0 Å². The van der Waals surface area contributed by atoms with Crippen LogP contribution in [0, 0.1) is 0 Å². The number of pyridine rings is 1. The summed E-state index contributed by atoms with van der Waals surface area (Å²) in [4.78, 5) is 20.7. The van der Waals surface area contributed by atoms with Crippen LogP contribution in [0.15, 0.2) is 48.8 Å². The predicted molar refractivity (Wildman–Crippen MR) is 105 cm³/mol. The first-order valence-electron chi connectivity index (χ1n) is 9.13. The van der Waals surface area contributed by atoms with Crippen molar-refractivity contribution in [3.05, 3.63) is 48.8 Å². The lowest BCUT2D eigenvalue weighted by atomic mass is 10.3. The molecule has 1 fully saturated rings. The molecule has 3 rings (SSSR count). The highest BCUT2D eigenvalue weighted by Crippen LogP contribution is 2.25. The molecule has 0 bridgehead atoms. The molecular formula is C20H26N4O3. The Hall–Kier alpha value is -2.96. The molecule has 7 nitrogen and oxygen atoms in total. The fraction of sp³-hybridized carbons (Fsp3) is 0.400. The van der Waals surface area contributed by atoms with Gasteiger partial charge in [-0.3, -0.25) is 4.98 Å². The van der Waals surface area contributed by atoms with Crippen molar-refractivity contribution in [2.24, 2.45) is 0 Å². The smallest absolute Gasteiger partial charge is 0.317 e. The van der Waals surface area contributed by atoms with E-state index in [-0.39, 0.29) is 12.1 Å². The third-order valence-electron chi connectivity index (χ3n) is 4.51. The lowest BCUT2D eigenvalue weighted by Crippen LogP contribution is -2.53. The molecule has 2 amide bonds. The average molecular weight is 370 g/mol. The van der Waals surface area contributed by atoms with Crippen LogP contribution in [0.25, 0.3) is 0 Å². The van der Waals surface area contributed by atoms with Gasteiger partial charge in [-0.1, -0.05) is 12.1 Å². The van der Waals surface area contributed by atoms with E-state index in [1.54, 1.807) is 13.3 Å². The number of nitrogens with zero attached hydrogens (tertiary/aromatic N) is 3. The van der Waals surface area contributed by atoms with Crippen LogP contribution >= 0.6 is 0 Å². The zero-order valence-corrected chi connectivity index (χ0v) is 15.8. The van der Waals surface area contributed by atoms with Crippen molar-refractivity contribution >= 4 is 11.7 Å². The highest BCUT2D eigenvalue weighted by molar-refractivity contribution is 5.74. The number of amides is 2. The average Bonchev–Trinajstić information content (AvgIpc) is 2.73. The second-order valence-corrected chi connectivity index (χ2v) is 6.50. The molecule has 27 heavy (non-hydrogen) atoms. The van der Waals surface area contributed by atoms with E-state index in [9.17, 15) is 4.79 Å². The molecule has 144 valence electrons. The number of hydrogen-bond donors (Lipinski definition) is 1. The Balaban J connectivity index is 1.44. The number of para-hydroxylation sites is 2. The minimum absolute atomic E-state index is 0.0584. The third kappa shape index (κ3) is 5.03. The molecule has 1 aromatic carbocycles. The van der Waals surface area contributed by atoms with Crippen molar-refractivity contribution in [1.29, 1.82) is 0 Å². The molecule has 1 unspecified atom stereocenters. The van der Waals surface area contributed by atoms with E-state index in [0.29, 0.717) is 31.2 Å². The maximum atomic E-state index is 12.5. The summed E-state index contributed by atoms with van der Waals surface area (Å²) in [6.07, 6.45) is 3.62. The van der Waals surface area contributed by atoms with Crippen molar-refractivity contribution in [3.8, 4) is 11.5 Å². The van der Waals surface area contributed by atoms with Gasteiger partial charge in [0.25, 0.3) is 0 Å². The summed E-state index contributed by atoms with van der Waals surface area (Å²) < 4.78 is 11.1. The van der Waals surface area contributed by atoms with Gasteiger partial charge in [-0.25, -0.2) is 4.79 Å². The molecular weight excluding hydrogens is 344 g/mol. The molecule has 7 heteroatoms. The van der Waals surface area contributed by atoms with Crippen LogP contribution in [0.4, 0.5) is 10.5 Å². The number of piperazine rings is 1. The SMILES string of the molecule is COc1ccccc1OCC(C)NC(=O)N1CCN(c2cccnc2)CC1. The van der Waals surface area contributed by atoms with Gasteiger partial charge in [-0.15, -0.1) is 0 Å². The highest BCUT2D eigenvalue weighted by Gasteiger charge is 2.22. The number of benzene rings is 1. The van der Waals surface area contributed by atoms with Gasteiger partial charge in [0.1, 0.15) is 6.61 Å². The zero-order valence-electron chi connectivity index (χ0n) is 15.8. The van der Waals surface area contributed by atoms with Gasteiger partial charge in [-0.05, 0) is 31.2 Å². The minimum atomic E-state index is -0.112. The number of anilines is 1. The second-order valence-electron chi connectivity index (χ2n) is 6.50. The van der Waals surface area contributed by atoms with Gasteiger partial charge >= 0.3 is 6.03 Å². The van der Waals surface area contributed by atoms with Crippen LogP contribution < -0.4 is 19.7 Å². The lowest BCUT2D eigenvalue weighted by Gasteiger charge is -2.36. The van der Waals surface area contributed by atoms with E-state index in [2.05, 4.69) is 15.2 Å². The number of urea groups is 1. The van der Waals surface area contributed by atoms with E-state index in [0.717, 1.165) is 18.8 Å². The van der Waals surface area contributed by atoms with E-state index in [4.69, 9.17) is 9.47 Å². The van der Waals surface area contributed by atoms with Gasteiger partial charge in [-0.2, -0.15) is 0 Å². The van der Waals surface area contributed by atoms with Crippen LogP contribution in [0.3, 0.4) is 0 Å². The number of ether oxygens (including phenoxy) is 2. The third-order valence-corrected chi connectivity index (χ3v) is 4.51. The van der Waals surface area contributed by atoms with E-state index < -0.39 is 0 Å². The summed E-state index contributed by atoms with van der Waals surface area (Å²) in [6, 6.07) is 11.3. The fourth-order valence-electron chi connectivity index (χ4n) is 3.01. The molecule has 1 aromatic heterocycles. The van der Waals surface area contributed by atoms with Crippen LogP contribution in [0.1, 0.15) is 6.92 Å². The summed E-state index contributed by atoms with van der Waals surface area (Å²) >= 11 is 0. The normalized spacial score (nSPS) is 15.2. The topological polar surface area (TPSA) is 66.9 Å². The van der Waals surface area contributed by atoms with Crippen LogP contribution in [-0.2, 0) is 0 Å². The van der Waals surface area contributed by atoms with Crippen molar-refractivity contribution in [3.63, 3.8) is 0 Å². The predicted octanol–water partition coefficient (Wildman–Crippen LogP) is 2.39. The monoisotopic (exact) mass is 370 g/mol. The molecule has 0 radical (unpaired) electrons. The first kappa shape index (κ1) is 18.8. The lowest BCUT2D eigenvalue weighted by molar-refractivity contribution is 0.183. The summed E-state index contributed by atoms with van der Waals surface area (Å²) in [5, 5.41) is 3.00. The van der Waals surface area contributed by atoms with E-state index in [1.165, 1.54) is 0 Å². The molecule has 1 aliphatic heterocycles. The van der Waals surface area contributed by atoms with Gasteiger partial charge in [0, 0.05) is 32.4 Å². The Morgan fingerprint density at radius 3 is 2.56 bits per heavy atom. The van der Waals surface area contributed by atoms with Crippen LogP contribution in [-0.4, -0.2) is 61.9 Å². The summed E-state index contributed by atoms with van der Waals surface area (Å²) in [6.45, 7) is 5.26. The maximum Gasteiger partial charge on any atom is 0.317 e. The molecule has 1 aliphatic rings. The van der Waals surface area contributed by atoms with Crippen molar-refractivity contribution in [1.82, 2.24) is 15.2 Å². The van der Waals surface area contributed by atoms with E-state index in [1.807, 2.05) is 54.4 Å². The summed E-state index contributed by atoms with van der Waals surface area (Å²) in [5.41, 5.74) is 1.09. The molecule has 0 spiro atoms. The number of hydrogen-bond acceptors (Lipinski definition) is 5.